The largest absolute Gasteiger partial charge is 0.454 e. The van der Waals surface area contributed by atoms with Gasteiger partial charge in [-0.2, -0.15) is 0 Å². The lowest BCUT2D eigenvalue weighted by molar-refractivity contribution is -0.125. The summed E-state index contributed by atoms with van der Waals surface area (Å²) in [6.45, 7) is 0.526. The van der Waals surface area contributed by atoms with E-state index in [1.54, 1.807) is 25.2 Å². The van der Waals surface area contributed by atoms with Gasteiger partial charge < -0.3 is 19.7 Å². The smallest absolute Gasteiger partial charge is 0.326 e. The van der Waals surface area contributed by atoms with Crippen molar-refractivity contribution in [3.8, 4) is 11.5 Å². The number of fused-ring (bicyclic) bond motifs is 1. The van der Waals surface area contributed by atoms with Crippen LogP contribution in [-0.4, -0.2) is 54.6 Å². The SMILES string of the molecule is CN1CC(=O)N(CCCC(=O)Nc2ccc3c(c2)OCO3)C1=O. The number of carbonyl (C=O) groups is 3. The van der Waals surface area contributed by atoms with E-state index in [9.17, 15) is 14.4 Å². The van der Waals surface area contributed by atoms with Gasteiger partial charge in [0.05, 0.1) is 0 Å². The van der Waals surface area contributed by atoms with Gasteiger partial charge in [-0.25, -0.2) is 4.79 Å². The molecule has 1 fully saturated rings. The third kappa shape index (κ3) is 3.20. The van der Waals surface area contributed by atoms with Gasteiger partial charge >= 0.3 is 6.03 Å². The molecule has 3 rings (SSSR count). The van der Waals surface area contributed by atoms with E-state index in [4.69, 9.17) is 9.47 Å². The second kappa shape index (κ2) is 6.15. The number of nitrogens with zero attached hydrogens (tertiary/aromatic N) is 2. The molecule has 1 aromatic rings. The summed E-state index contributed by atoms with van der Waals surface area (Å²) in [6.07, 6.45) is 0.636. The molecule has 1 aromatic carbocycles. The molecule has 2 heterocycles. The Bertz CT molecular complexity index is 661. The van der Waals surface area contributed by atoms with Crippen molar-refractivity contribution in [2.45, 2.75) is 12.8 Å². The first kappa shape index (κ1) is 15.1. The fraction of sp³-hybridized carbons (Fsp3) is 0.400. The highest BCUT2D eigenvalue weighted by Crippen LogP contribution is 2.34. The molecule has 0 aliphatic carbocycles. The van der Waals surface area contributed by atoms with Crippen LogP contribution in [0.15, 0.2) is 18.2 Å². The second-order valence-electron chi connectivity index (χ2n) is 5.40. The Kier molecular flexibility index (Phi) is 4.05. The van der Waals surface area contributed by atoms with Crippen LogP contribution in [0.3, 0.4) is 0 Å². The van der Waals surface area contributed by atoms with E-state index in [-0.39, 0.29) is 44.1 Å². The number of benzene rings is 1. The standard InChI is InChI=1S/C15H17N3O5/c1-17-8-14(20)18(15(17)21)6-2-3-13(19)16-10-4-5-11-12(7-10)23-9-22-11/h4-5,7H,2-3,6,8-9H2,1H3,(H,16,19). The molecule has 4 amide bonds. The van der Waals surface area contributed by atoms with Crippen molar-refractivity contribution in [3.05, 3.63) is 18.2 Å². The highest BCUT2D eigenvalue weighted by molar-refractivity contribution is 6.01. The summed E-state index contributed by atoms with van der Waals surface area (Å²) >= 11 is 0. The van der Waals surface area contributed by atoms with Crippen LogP contribution in [0.4, 0.5) is 10.5 Å². The van der Waals surface area contributed by atoms with Gasteiger partial charge in [0.2, 0.25) is 18.6 Å². The van der Waals surface area contributed by atoms with Gasteiger partial charge in [0.25, 0.3) is 0 Å². The Morgan fingerprint density at radius 3 is 2.78 bits per heavy atom. The Labute approximate surface area is 132 Å². The van der Waals surface area contributed by atoms with E-state index >= 15 is 0 Å². The number of carbonyl (C=O) groups excluding carboxylic acids is 3. The van der Waals surface area contributed by atoms with Gasteiger partial charge in [-0.3, -0.25) is 14.5 Å². The zero-order valence-corrected chi connectivity index (χ0v) is 12.7. The molecule has 122 valence electrons. The maximum atomic E-state index is 11.9. The molecule has 8 nitrogen and oxygen atoms in total. The minimum absolute atomic E-state index is 0.0994. The molecule has 2 aliphatic rings. The first-order chi connectivity index (χ1) is 11.0. The normalized spacial score (nSPS) is 16.2. The number of rotatable bonds is 5. The molecule has 8 heteroatoms. The molecule has 1 saturated heterocycles. The lowest BCUT2D eigenvalue weighted by Gasteiger charge is -2.13. The van der Waals surface area contributed by atoms with Gasteiger partial charge in [0.1, 0.15) is 6.54 Å². The van der Waals surface area contributed by atoms with Gasteiger partial charge in [0, 0.05) is 31.8 Å². The first-order valence-corrected chi connectivity index (χ1v) is 7.29. The van der Waals surface area contributed by atoms with Crippen molar-refractivity contribution < 1.29 is 23.9 Å². The summed E-state index contributed by atoms with van der Waals surface area (Å²) in [5.74, 6) is 0.835. The summed E-state index contributed by atoms with van der Waals surface area (Å²) in [4.78, 5) is 37.8. The maximum absolute atomic E-state index is 11.9. The number of ether oxygens (including phenoxy) is 2. The molecule has 0 spiro atoms. The first-order valence-electron chi connectivity index (χ1n) is 7.29. The number of hydrogen-bond donors (Lipinski definition) is 1. The molecular weight excluding hydrogens is 302 g/mol. The minimum atomic E-state index is -0.314. The number of likely N-dealkylation sites (N-methyl/N-ethyl adjacent to an activating group) is 1. The summed E-state index contributed by atoms with van der Waals surface area (Å²) in [5, 5.41) is 2.75. The van der Waals surface area contributed by atoms with Crippen LogP contribution in [0.2, 0.25) is 0 Å². The number of amides is 4. The fourth-order valence-electron chi connectivity index (χ4n) is 2.48. The lowest BCUT2D eigenvalue weighted by atomic mass is 10.2. The van der Waals surface area contributed by atoms with Crippen LogP contribution in [-0.2, 0) is 9.59 Å². The van der Waals surface area contributed by atoms with Crippen molar-refractivity contribution in [1.29, 1.82) is 0 Å². The van der Waals surface area contributed by atoms with Crippen LogP contribution < -0.4 is 14.8 Å². The molecule has 1 N–H and O–H groups in total. The highest BCUT2D eigenvalue weighted by Gasteiger charge is 2.32. The topological polar surface area (TPSA) is 88.2 Å². The van der Waals surface area contributed by atoms with Crippen molar-refractivity contribution >= 4 is 23.5 Å². The van der Waals surface area contributed by atoms with Crippen LogP contribution in [0.25, 0.3) is 0 Å². The monoisotopic (exact) mass is 319 g/mol. The fourth-order valence-corrected chi connectivity index (χ4v) is 2.48. The van der Waals surface area contributed by atoms with Gasteiger partial charge in [0.15, 0.2) is 11.5 Å². The Hall–Kier alpha value is -2.77. The number of imide groups is 1. The average molecular weight is 319 g/mol. The van der Waals surface area contributed by atoms with E-state index in [0.29, 0.717) is 23.6 Å². The van der Waals surface area contributed by atoms with Crippen LogP contribution in [0.1, 0.15) is 12.8 Å². The Morgan fingerprint density at radius 1 is 1.26 bits per heavy atom. The second-order valence-corrected chi connectivity index (χ2v) is 5.40. The van der Waals surface area contributed by atoms with E-state index in [2.05, 4.69) is 5.32 Å². The lowest BCUT2D eigenvalue weighted by Crippen LogP contribution is -2.32. The third-order valence-corrected chi connectivity index (χ3v) is 3.67. The Balaban J connectivity index is 1.47. The predicted octanol–water partition coefficient (Wildman–Crippen LogP) is 1.03. The molecule has 0 atom stereocenters. The zero-order chi connectivity index (χ0) is 16.4. The van der Waals surface area contributed by atoms with Crippen LogP contribution >= 0.6 is 0 Å². The summed E-state index contributed by atoms with van der Waals surface area (Å²) < 4.78 is 10.4. The molecule has 0 bridgehead atoms. The van der Waals surface area contributed by atoms with Crippen molar-refractivity contribution in [2.75, 3.05) is 32.2 Å². The number of hydrogen-bond acceptors (Lipinski definition) is 5. The van der Waals surface area contributed by atoms with Crippen LogP contribution in [0.5, 0.6) is 11.5 Å². The predicted molar refractivity (Wildman–Crippen MR) is 80.2 cm³/mol. The van der Waals surface area contributed by atoms with Crippen LogP contribution in [0, 0.1) is 0 Å². The van der Waals surface area contributed by atoms with Crippen molar-refractivity contribution in [2.24, 2.45) is 0 Å². The number of nitrogens with one attached hydrogen (secondary N) is 1. The molecule has 0 saturated carbocycles. The maximum Gasteiger partial charge on any atom is 0.326 e. The van der Waals surface area contributed by atoms with Gasteiger partial charge in [-0.15, -0.1) is 0 Å². The summed E-state index contributed by atoms with van der Waals surface area (Å²) in [7, 11) is 1.58. The molecule has 0 radical (unpaired) electrons. The molecule has 0 aromatic heterocycles. The quantitative estimate of drug-likeness (QED) is 0.819. The van der Waals surface area contributed by atoms with E-state index in [1.165, 1.54) is 9.80 Å². The Morgan fingerprint density at radius 2 is 2.04 bits per heavy atom. The van der Waals surface area contributed by atoms with E-state index in [1.807, 2.05) is 0 Å². The van der Waals surface area contributed by atoms with Gasteiger partial charge in [-0.05, 0) is 18.6 Å². The average Bonchev–Trinajstić information content (AvgIpc) is 3.06. The molecule has 23 heavy (non-hydrogen) atoms. The van der Waals surface area contributed by atoms with Crippen molar-refractivity contribution in [1.82, 2.24) is 9.80 Å². The zero-order valence-electron chi connectivity index (χ0n) is 12.7. The van der Waals surface area contributed by atoms with Gasteiger partial charge in [-0.1, -0.05) is 0 Å². The number of urea groups is 1. The molecular formula is C15H17N3O5. The summed E-state index contributed by atoms with van der Waals surface area (Å²) in [5.41, 5.74) is 0.618. The molecule has 0 unspecified atom stereocenters. The molecule has 2 aliphatic heterocycles. The third-order valence-electron chi connectivity index (χ3n) is 3.67. The van der Waals surface area contributed by atoms with E-state index in [0.717, 1.165) is 0 Å². The highest BCUT2D eigenvalue weighted by atomic mass is 16.7. The minimum Gasteiger partial charge on any atom is -0.454 e. The summed E-state index contributed by atoms with van der Waals surface area (Å²) in [6, 6.07) is 4.84. The van der Waals surface area contributed by atoms with Crippen molar-refractivity contribution in [3.63, 3.8) is 0 Å². The van der Waals surface area contributed by atoms with E-state index < -0.39 is 0 Å². The number of anilines is 1.